The fourth-order valence-corrected chi connectivity index (χ4v) is 1.99. The number of rotatable bonds is 3. The third kappa shape index (κ3) is 1.79. The summed E-state index contributed by atoms with van der Waals surface area (Å²) < 4.78 is 0. The Bertz CT molecular complexity index is 466. The molecule has 0 saturated carbocycles. The van der Waals surface area contributed by atoms with Gasteiger partial charge in [-0.25, -0.2) is 0 Å². The van der Waals surface area contributed by atoms with E-state index in [1.807, 2.05) is 24.3 Å². The van der Waals surface area contributed by atoms with Gasteiger partial charge in [0.15, 0.2) is 0 Å². The minimum atomic E-state index is -0.990. The molecule has 0 radical (unpaired) electrons. The molecule has 16 heavy (non-hydrogen) atoms. The maximum atomic E-state index is 10.7. The molecule has 0 fully saturated rings. The number of hydrogen-bond donors (Lipinski definition) is 3. The van der Waals surface area contributed by atoms with E-state index in [1.54, 1.807) is 0 Å². The van der Waals surface area contributed by atoms with Crippen LogP contribution in [0.25, 0.3) is 5.70 Å². The molecule has 1 atom stereocenters. The molecule has 0 heterocycles. The maximum absolute atomic E-state index is 10.7. The Labute approximate surface area is 93.6 Å². The number of fused-ring (bicyclic) bond motifs is 1. The van der Waals surface area contributed by atoms with E-state index in [-0.39, 0.29) is 0 Å². The van der Waals surface area contributed by atoms with Crippen LogP contribution in [-0.4, -0.2) is 17.1 Å². The first-order chi connectivity index (χ1) is 7.59. The van der Waals surface area contributed by atoms with Crippen molar-refractivity contribution in [3.8, 4) is 0 Å². The number of carboxylic acids is 1. The first-order valence-electron chi connectivity index (χ1n) is 5.13. The summed E-state index contributed by atoms with van der Waals surface area (Å²) in [6, 6.07) is 6.95. The SMILES string of the molecule is NC1=C(CC(N)C(=O)O)Cc2ccccc21. The van der Waals surface area contributed by atoms with Crippen molar-refractivity contribution in [3.05, 3.63) is 41.0 Å². The standard InChI is InChI=1S/C12H14N2O2/c13-10(12(15)16)6-8-5-7-3-1-2-4-9(7)11(8)14/h1-4,10H,5-6,13-14H2,(H,15,16). The largest absolute Gasteiger partial charge is 0.480 e. The van der Waals surface area contributed by atoms with Crippen LogP contribution in [0.3, 0.4) is 0 Å². The van der Waals surface area contributed by atoms with Gasteiger partial charge in [0.25, 0.3) is 0 Å². The number of carboxylic acid groups (broad SMARTS) is 1. The molecule has 1 aliphatic rings. The number of carbonyl (C=O) groups is 1. The highest BCUT2D eigenvalue weighted by atomic mass is 16.4. The molecule has 1 unspecified atom stereocenters. The summed E-state index contributed by atoms with van der Waals surface area (Å²) in [5, 5.41) is 8.76. The van der Waals surface area contributed by atoms with E-state index < -0.39 is 12.0 Å². The lowest BCUT2D eigenvalue weighted by Crippen LogP contribution is -2.30. The van der Waals surface area contributed by atoms with E-state index in [0.29, 0.717) is 18.5 Å². The summed E-state index contributed by atoms with van der Waals surface area (Å²) >= 11 is 0. The highest BCUT2D eigenvalue weighted by molar-refractivity contribution is 5.77. The van der Waals surface area contributed by atoms with Crippen molar-refractivity contribution in [2.75, 3.05) is 0 Å². The van der Waals surface area contributed by atoms with Gasteiger partial charge in [0, 0.05) is 11.3 Å². The summed E-state index contributed by atoms with van der Waals surface area (Å²) in [6.45, 7) is 0. The Balaban J connectivity index is 2.21. The molecule has 0 amide bonds. The van der Waals surface area contributed by atoms with Crippen LogP contribution >= 0.6 is 0 Å². The topological polar surface area (TPSA) is 89.3 Å². The highest BCUT2D eigenvalue weighted by Gasteiger charge is 2.22. The Morgan fingerprint density at radius 3 is 2.75 bits per heavy atom. The first kappa shape index (κ1) is 10.7. The Morgan fingerprint density at radius 1 is 1.44 bits per heavy atom. The average molecular weight is 218 g/mol. The van der Waals surface area contributed by atoms with Crippen molar-refractivity contribution < 1.29 is 9.90 Å². The molecule has 4 nitrogen and oxygen atoms in total. The van der Waals surface area contributed by atoms with Gasteiger partial charge in [0.2, 0.25) is 0 Å². The molecule has 1 aromatic carbocycles. The quantitative estimate of drug-likeness (QED) is 0.697. The van der Waals surface area contributed by atoms with Gasteiger partial charge in [-0.1, -0.05) is 24.3 Å². The monoisotopic (exact) mass is 218 g/mol. The molecule has 5 N–H and O–H groups in total. The van der Waals surface area contributed by atoms with E-state index in [2.05, 4.69) is 0 Å². The van der Waals surface area contributed by atoms with Crippen LogP contribution in [0.4, 0.5) is 0 Å². The van der Waals surface area contributed by atoms with Crippen LogP contribution in [0, 0.1) is 0 Å². The summed E-state index contributed by atoms with van der Waals surface area (Å²) in [6.07, 6.45) is 1.03. The van der Waals surface area contributed by atoms with E-state index in [4.69, 9.17) is 16.6 Å². The van der Waals surface area contributed by atoms with E-state index in [1.165, 1.54) is 0 Å². The van der Waals surface area contributed by atoms with Gasteiger partial charge < -0.3 is 16.6 Å². The Morgan fingerprint density at radius 2 is 2.12 bits per heavy atom. The van der Waals surface area contributed by atoms with Gasteiger partial charge in [-0.2, -0.15) is 0 Å². The molecule has 0 bridgehead atoms. The minimum absolute atomic E-state index is 0.315. The van der Waals surface area contributed by atoms with Crippen molar-refractivity contribution in [2.24, 2.45) is 11.5 Å². The molecule has 2 rings (SSSR count). The first-order valence-corrected chi connectivity index (χ1v) is 5.13. The molecular formula is C12H14N2O2. The molecule has 0 aliphatic heterocycles. The zero-order valence-electron chi connectivity index (χ0n) is 8.81. The van der Waals surface area contributed by atoms with Gasteiger partial charge in [-0.3, -0.25) is 4.79 Å². The van der Waals surface area contributed by atoms with Crippen LogP contribution in [0.2, 0.25) is 0 Å². The van der Waals surface area contributed by atoms with Crippen molar-refractivity contribution in [1.29, 1.82) is 0 Å². The summed E-state index contributed by atoms with van der Waals surface area (Å²) in [7, 11) is 0. The molecule has 0 spiro atoms. The lowest BCUT2D eigenvalue weighted by atomic mass is 10.0. The lowest BCUT2D eigenvalue weighted by molar-refractivity contribution is -0.138. The van der Waals surface area contributed by atoms with E-state index in [0.717, 1.165) is 16.7 Å². The minimum Gasteiger partial charge on any atom is -0.480 e. The molecule has 0 aromatic heterocycles. The highest BCUT2D eigenvalue weighted by Crippen LogP contribution is 2.31. The number of nitrogens with two attached hydrogens (primary N) is 2. The molecule has 0 saturated heterocycles. The van der Waals surface area contributed by atoms with Crippen molar-refractivity contribution >= 4 is 11.7 Å². The normalized spacial score (nSPS) is 16.1. The molecule has 1 aliphatic carbocycles. The maximum Gasteiger partial charge on any atom is 0.320 e. The summed E-state index contributed by atoms with van der Waals surface area (Å²) in [4.78, 5) is 10.7. The van der Waals surface area contributed by atoms with Gasteiger partial charge in [-0.05, 0) is 24.0 Å². The molecule has 84 valence electrons. The zero-order chi connectivity index (χ0) is 11.7. The summed E-state index contributed by atoms with van der Waals surface area (Å²) in [5.41, 5.74) is 15.2. The van der Waals surface area contributed by atoms with Crippen LogP contribution in [0.5, 0.6) is 0 Å². The van der Waals surface area contributed by atoms with E-state index >= 15 is 0 Å². The molecule has 4 heteroatoms. The van der Waals surface area contributed by atoms with Crippen LogP contribution < -0.4 is 11.5 Å². The fraction of sp³-hybridized carbons (Fsp3) is 0.250. The average Bonchev–Trinajstić information content (AvgIpc) is 2.56. The van der Waals surface area contributed by atoms with Gasteiger partial charge in [0.1, 0.15) is 6.04 Å². The number of aliphatic carboxylic acids is 1. The van der Waals surface area contributed by atoms with Crippen LogP contribution in [0.1, 0.15) is 17.5 Å². The van der Waals surface area contributed by atoms with Gasteiger partial charge >= 0.3 is 5.97 Å². The Kier molecular flexibility index (Phi) is 2.66. The van der Waals surface area contributed by atoms with Crippen molar-refractivity contribution in [3.63, 3.8) is 0 Å². The van der Waals surface area contributed by atoms with E-state index in [9.17, 15) is 4.79 Å². The predicted octanol–water partition coefficient (Wildman–Crippen LogP) is 0.714. The third-order valence-electron chi connectivity index (χ3n) is 2.88. The predicted molar refractivity (Wildman–Crippen MR) is 61.5 cm³/mol. The lowest BCUT2D eigenvalue weighted by Gasteiger charge is -2.07. The zero-order valence-corrected chi connectivity index (χ0v) is 8.81. The Hall–Kier alpha value is -1.81. The van der Waals surface area contributed by atoms with Crippen molar-refractivity contribution in [2.45, 2.75) is 18.9 Å². The second-order valence-electron chi connectivity index (χ2n) is 4.00. The molecular weight excluding hydrogens is 204 g/mol. The van der Waals surface area contributed by atoms with Gasteiger partial charge in [-0.15, -0.1) is 0 Å². The molecule has 1 aromatic rings. The second-order valence-corrected chi connectivity index (χ2v) is 4.00. The third-order valence-corrected chi connectivity index (χ3v) is 2.88. The van der Waals surface area contributed by atoms with Crippen molar-refractivity contribution in [1.82, 2.24) is 0 Å². The summed E-state index contributed by atoms with van der Waals surface area (Å²) in [5.74, 6) is -0.990. The van der Waals surface area contributed by atoms with Crippen LogP contribution in [-0.2, 0) is 11.2 Å². The van der Waals surface area contributed by atoms with Crippen LogP contribution in [0.15, 0.2) is 29.8 Å². The smallest absolute Gasteiger partial charge is 0.320 e. The van der Waals surface area contributed by atoms with Gasteiger partial charge in [0.05, 0.1) is 0 Å². The second kappa shape index (κ2) is 3.98. The fourth-order valence-electron chi connectivity index (χ4n) is 1.99. The number of hydrogen-bond acceptors (Lipinski definition) is 3. The number of benzene rings is 1.